The average molecular weight is 490 g/mol. The van der Waals surface area contributed by atoms with E-state index in [4.69, 9.17) is 23.9 Å². The maximum Gasteiger partial charge on any atom is 0.252 e. The Balaban J connectivity index is 1.28. The molecule has 6 rings (SSSR count). The molecular weight excluding hydrogens is 458 g/mol. The Kier molecular flexibility index (Phi) is 6.72. The molecule has 3 aliphatic rings. The smallest absolute Gasteiger partial charge is 0.252 e. The van der Waals surface area contributed by atoms with Gasteiger partial charge in [0.25, 0.3) is 5.91 Å². The molecule has 2 saturated heterocycles. The van der Waals surface area contributed by atoms with Crippen molar-refractivity contribution in [2.24, 2.45) is 5.92 Å². The highest BCUT2D eigenvalue weighted by Crippen LogP contribution is 2.35. The van der Waals surface area contributed by atoms with Crippen molar-refractivity contribution in [1.82, 2.24) is 15.2 Å². The molecule has 0 aliphatic carbocycles. The Labute approximate surface area is 210 Å². The predicted molar refractivity (Wildman–Crippen MR) is 136 cm³/mol. The van der Waals surface area contributed by atoms with Gasteiger partial charge < -0.3 is 24.3 Å². The van der Waals surface area contributed by atoms with Crippen molar-refractivity contribution in [3.63, 3.8) is 0 Å². The molecule has 3 aliphatic heterocycles. The minimum atomic E-state index is -0.0930. The molecule has 2 atom stereocenters. The van der Waals surface area contributed by atoms with Crippen molar-refractivity contribution in [1.29, 1.82) is 0 Å². The molecule has 2 aromatic carbocycles. The second-order valence-corrected chi connectivity index (χ2v) is 9.48. The van der Waals surface area contributed by atoms with Gasteiger partial charge in [-0.1, -0.05) is 18.2 Å². The van der Waals surface area contributed by atoms with Gasteiger partial charge in [-0.15, -0.1) is 0 Å². The molecule has 1 N–H and O–H groups in total. The third kappa shape index (κ3) is 4.76. The van der Waals surface area contributed by atoms with Gasteiger partial charge in [0.1, 0.15) is 13.2 Å². The molecule has 1 aromatic heterocycles. The van der Waals surface area contributed by atoms with E-state index in [-0.39, 0.29) is 11.9 Å². The summed E-state index contributed by atoms with van der Waals surface area (Å²) in [7, 11) is 0. The standard InChI is InChI=1S/C28H31N3O5/c32-28(29-17-25(20-7-10-34-18-20)31-8-11-33-12-9-31)22-16-24(30-23-4-2-1-3-21(22)23)19-5-6-26-27(15-19)36-14-13-35-26/h1-6,15-16,20,25H,7-14,17-18H2,(H,29,32). The van der Waals surface area contributed by atoms with Crippen LogP contribution in [0.15, 0.2) is 48.5 Å². The number of aromatic nitrogens is 1. The van der Waals surface area contributed by atoms with Gasteiger partial charge in [0, 0.05) is 49.2 Å². The van der Waals surface area contributed by atoms with Crippen LogP contribution in [0.3, 0.4) is 0 Å². The lowest BCUT2D eigenvalue weighted by Gasteiger charge is -2.37. The first-order chi connectivity index (χ1) is 17.8. The molecule has 4 heterocycles. The number of ether oxygens (including phenoxy) is 4. The Morgan fingerprint density at radius 3 is 2.64 bits per heavy atom. The van der Waals surface area contributed by atoms with Crippen LogP contribution in [0.1, 0.15) is 16.8 Å². The number of amides is 1. The van der Waals surface area contributed by atoms with Crippen molar-refractivity contribution < 1.29 is 23.7 Å². The van der Waals surface area contributed by atoms with Crippen LogP contribution >= 0.6 is 0 Å². The number of carbonyl (C=O) groups is 1. The van der Waals surface area contributed by atoms with Crippen LogP contribution in [-0.2, 0) is 9.47 Å². The van der Waals surface area contributed by atoms with Gasteiger partial charge in [0.05, 0.1) is 36.6 Å². The van der Waals surface area contributed by atoms with E-state index in [9.17, 15) is 4.79 Å². The Hall–Kier alpha value is -3.20. The molecule has 0 saturated carbocycles. The molecule has 2 fully saturated rings. The topological polar surface area (TPSA) is 82.2 Å². The number of nitrogens with zero attached hydrogens (tertiary/aromatic N) is 2. The molecule has 8 heteroatoms. The summed E-state index contributed by atoms with van der Waals surface area (Å²) in [5.41, 5.74) is 3.01. The molecule has 0 spiro atoms. The highest BCUT2D eigenvalue weighted by Gasteiger charge is 2.32. The van der Waals surface area contributed by atoms with E-state index in [1.54, 1.807) is 0 Å². The predicted octanol–water partition coefficient (Wildman–Crippen LogP) is 3.14. The fraction of sp³-hybridized carbons (Fsp3) is 0.429. The van der Waals surface area contributed by atoms with Crippen molar-refractivity contribution in [3.8, 4) is 22.8 Å². The number of fused-ring (bicyclic) bond motifs is 2. The first-order valence-electron chi connectivity index (χ1n) is 12.7. The zero-order valence-corrected chi connectivity index (χ0v) is 20.3. The maximum absolute atomic E-state index is 13.6. The minimum Gasteiger partial charge on any atom is -0.486 e. The maximum atomic E-state index is 13.6. The van der Waals surface area contributed by atoms with Crippen molar-refractivity contribution >= 4 is 16.8 Å². The normalized spacial score (nSPS) is 20.8. The second-order valence-electron chi connectivity index (χ2n) is 9.48. The largest absolute Gasteiger partial charge is 0.486 e. The summed E-state index contributed by atoms with van der Waals surface area (Å²) in [6, 6.07) is 15.7. The van der Waals surface area contributed by atoms with Crippen LogP contribution in [0.4, 0.5) is 0 Å². The lowest BCUT2D eigenvalue weighted by molar-refractivity contribution is 0.00167. The SMILES string of the molecule is O=C(NCC(C1CCOC1)N1CCOCC1)c1cc(-c2ccc3c(c2)OCCO3)nc2ccccc12. The number of nitrogens with one attached hydrogen (secondary N) is 1. The van der Waals surface area contributed by atoms with Gasteiger partial charge >= 0.3 is 0 Å². The van der Waals surface area contributed by atoms with Gasteiger partial charge in [-0.25, -0.2) is 4.98 Å². The van der Waals surface area contributed by atoms with Crippen LogP contribution in [0.25, 0.3) is 22.2 Å². The summed E-state index contributed by atoms with van der Waals surface area (Å²) in [6.45, 7) is 6.38. The van der Waals surface area contributed by atoms with E-state index < -0.39 is 0 Å². The third-order valence-corrected chi connectivity index (χ3v) is 7.29. The summed E-state index contributed by atoms with van der Waals surface area (Å²) in [5.74, 6) is 1.75. The summed E-state index contributed by atoms with van der Waals surface area (Å²) < 4.78 is 22.7. The molecule has 0 bridgehead atoms. The van der Waals surface area contributed by atoms with Gasteiger partial charge in [-0.3, -0.25) is 9.69 Å². The fourth-order valence-corrected chi connectivity index (χ4v) is 5.37. The quantitative estimate of drug-likeness (QED) is 0.570. The van der Waals surface area contributed by atoms with E-state index in [0.717, 1.165) is 73.8 Å². The van der Waals surface area contributed by atoms with Gasteiger partial charge in [-0.05, 0) is 36.8 Å². The number of hydrogen-bond acceptors (Lipinski definition) is 7. The molecule has 36 heavy (non-hydrogen) atoms. The molecule has 3 aromatic rings. The average Bonchev–Trinajstić information content (AvgIpc) is 3.47. The van der Waals surface area contributed by atoms with Gasteiger partial charge in [0.15, 0.2) is 11.5 Å². The highest BCUT2D eigenvalue weighted by molar-refractivity contribution is 6.07. The molecule has 188 valence electrons. The molecular formula is C28H31N3O5. The second kappa shape index (κ2) is 10.4. The highest BCUT2D eigenvalue weighted by atomic mass is 16.6. The first kappa shape index (κ1) is 23.2. The minimum absolute atomic E-state index is 0.0930. The number of hydrogen-bond donors (Lipinski definition) is 1. The number of rotatable bonds is 6. The van der Waals surface area contributed by atoms with Crippen LogP contribution in [0.5, 0.6) is 11.5 Å². The van der Waals surface area contributed by atoms with E-state index in [1.165, 1.54) is 0 Å². The summed E-state index contributed by atoms with van der Waals surface area (Å²) in [4.78, 5) is 20.9. The van der Waals surface area contributed by atoms with Crippen LogP contribution in [0.2, 0.25) is 0 Å². The summed E-state index contributed by atoms with van der Waals surface area (Å²) in [5, 5.41) is 4.08. The Bertz CT molecular complexity index is 1240. The first-order valence-corrected chi connectivity index (χ1v) is 12.7. The third-order valence-electron chi connectivity index (χ3n) is 7.29. The molecule has 2 unspecified atom stereocenters. The lowest BCUT2D eigenvalue weighted by Crippen LogP contribution is -2.52. The molecule has 1 amide bonds. The van der Waals surface area contributed by atoms with Crippen molar-refractivity contribution in [2.45, 2.75) is 12.5 Å². The summed E-state index contributed by atoms with van der Waals surface area (Å²) in [6.07, 6.45) is 1.02. The zero-order chi connectivity index (χ0) is 24.3. The van der Waals surface area contributed by atoms with E-state index in [1.807, 2.05) is 48.5 Å². The monoisotopic (exact) mass is 489 g/mol. The zero-order valence-electron chi connectivity index (χ0n) is 20.3. The molecule has 0 radical (unpaired) electrons. The fourth-order valence-electron chi connectivity index (χ4n) is 5.37. The van der Waals surface area contributed by atoms with Crippen molar-refractivity contribution in [3.05, 3.63) is 54.1 Å². The van der Waals surface area contributed by atoms with Crippen LogP contribution in [0, 0.1) is 5.92 Å². The number of para-hydroxylation sites is 1. The van der Waals surface area contributed by atoms with Gasteiger partial charge in [0.2, 0.25) is 0 Å². The number of carbonyl (C=O) groups excluding carboxylic acids is 1. The molecule has 8 nitrogen and oxygen atoms in total. The van der Waals surface area contributed by atoms with E-state index in [2.05, 4.69) is 10.2 Å². The number of morpholine rings is 1. The van der Waals surface area contributed by atoms with E-state index in [0.29, 0.717) is 37.0 Å². The van der Waals surface area contributed by atoms with Gasteiger partial charge in [-0.2, -0.15) is 0 Å². The van der Waals surface area contributed by atoms with Crippen LogP contribution in [-0.4, -0.2) is 81.1 Å². The van der Waals surface area contributed by atoms with E-state index >= 15 is 0 Å². The number of benzene rings is 2. The lowest BCUT2D eigenvalue weighted by atomic mass is 9.96. The van der Waals surface area contributed by atoms with Crippen LogP contribution < -0.4 is 14.8 Å². The Morgan fingerprint density at radius 2 is 1.81 bits per heavy atom. The van der Waals surface area contributed by atoms with Crippen molar-refractivity contribution in [2.75, 3.05) is 59.3 Å². The Morgan fingerprint density at radius 1 is 0.972 bits per heavy atom. The number of pyridine rings is 1. The summed E-state index contributed by atoms with van der Waals surface area (Å²) >= 11 is 0.